The van der Waals surface area contributed by atoms with Crippen LogP contribution in [0.15, 0.2) is 22.6 Å². The van der Waals surface area contributed by atoms with Gasteiger partial charge in [0.25, 0.3) is 5.91 Å². The highest BCUT2D eigenvalue weighted by molar-refractivity contribution is 7.12. The van der Waals surface area contributed by atoms with Gasteiger partial charge >= 0.3 is 0 Å². The zero-order valence-corrected chi connectivity index (χ0v) is 6.97. The van der Waals surface area contributed by atoms with Gasteiger partial charge in [-0.3, -0.25) is 4.79 Å². The number of nitrogens with one attached hydrogen (secondary N) is 1. The Morgan fingerprint density at radius 2 is 2.33 bits per heavy atom. The first-order valence-electron chi connectivity index (χ1n) is 3.12. The van der Waals surface area contributed by atoms with Gasteiger partial charge in [-0.25, -0.2) is 5.43 Å². The first-order valence-corrected chi connectivity index (χ1v) is 4.00. The number of thiophene rings is 1. The number of nitrogens with two attached hydrogens (primary N) is 2. The lowest BCUT2D eigenvalue weighted by atomic mass is 10.5. The average molecular weight is 184 g/mol. The number of hydrogen-bond donors (Lipinski definition) is 3. The Labute approximate surface area is 73.1 Å². The Morgan fingerprint density at radius 1 is 1.58 bits per heavy atom. The largest absolute Gasteiger partial charge is 0.369 e. The van der Waals surface area contributed by atoms with E-state index in [1.807, 2.05) is 0 Å². The summed E-state index contributed by atoms with van der Waals surface area (Å²) in [7, 11) is 0. The van der Waals surface area contributed by atoms with Crippen molar-refractivity contribution in [2.45, 2.75) is 0 Å². The first kappa shape index (κ1) is 8.54. The first-order chi connectivity index (χ1) is 5.70. The summed E-state index contributed by atoms with van der Waals surface area (Å²) in [6, 6.07) is 3.46. The van der Waals surface area contributed by atoms with Crippen LogP contribution >= 0.6 is 11.3 Å². The third-order valence-corrected chi connectivity index (χ3v) is 1.90. The van der Waals surface area contributed by atoms with E-state index in [2.05, 4.69) is 10.5 Å². The minimum absolute atomic E-state index is 0.167. The minimum atomic E-state index is -0.307. The second kappa shape index (κ2) is 3.72. The lowest BCUT2D eigenvalue weighted by Crippen LogP contribution is -2.28. The molecule has 0 saturated carbocycles. The molecule has 0 spiro atoms. The number of carbonyl (C=O) groups excluding carboxylic acids is 1. The molecule has 1 heterocycles. The fraction of sp³-hybridized carbons (Fsp3) is 0. The molecule has 6 heteroatoms. The van der Waals surface area contributed by atoms with Crippen LogP contribution in [0.5, 0.6) is 0 Å². The molecule has 0 aliphatic carbocycles. The molecule has 0 aliphatic heterocycles. The molecule has 5 nitrogen and oxygen atoms in total. The van der Waals surface area contributed by atoms with Crippen LogP contribution in [0.4, 0.5) is 0 Å². The van der Waals surface area contributed by atoms with Crippen molar-refractivity contribution >= 4 is 23.2 Å². The Hall–Kier alpha value is -1.56. The number of nitrogens with zero attached hydrogens (tertiary/aromatic N) is 1. The van der Waals surface area contributed by atoms with E-state index >= 15 is 0 Å². The van der Waals surface area contributed by atoms with Crippen LogP contribution in [-0.2, 0) is 0 Å². The van der Waals surface area contributed by atoms with Crippen molar-refractivity contribution in [1.29, 1.82) is 0 Å². The van der Waals surface area contributed by atoms with Crippen LogP contribution in [0, 0.1) is 0 Å². The van der Waals surface area contributed by atoms with Crippen molar-refractivity contribution in [2.75, 3.05) is 0 Å². The predicted molar refractivity (Wildman–Crippen MR) is 47.6 cm³/mol. The van der Waals surface area contributed by atoms with Crippen molar-refractivity contribution in [1.82, 2.24) is 5.43 Å². The zero-order chi connectivity index (χ0) is 8.97. The molecule has 1 aromatic rings. The van der Waals surface area contributed by atoms with Gasteiger partial charge in [0, 0.05) is 0 Å². The third kappa shape index (κ3) is 2.24. The van der Waals surface area contributed by atoms with Crippen molar-refractivity contribution < 1.29 is 4.79 Å². The van der Waals surface area contributed by atoms with Crippen LogP contribution in [0.3, 0.4) is 0 Å². The second-order valence-electron chi connectivity index (χ2n) is 1.95. The third-order valence-electron chi connectivity index (χ3n) is 1.03. The van der Waals surface area contributed by atoms with Crippen LogP contribution in [0.2, 0.25) is 0 Å². The van der Waals surface area contributed by atoms with E-state index in [0.29, 0.717) is 4.88 Å². The maximum absolute atomic E-state index is 11.1. The molecule has 1 aromatic heterocycles. The highest BCUT2D eigenvalue weighted by atomic mass is 32.1. The van der Waals surface area contributed by atoms with Crippen LogP contribution in [0.1, 0.15) is 9.67 Å². The number of hydrazone groups is 1. The second-order valence-corrected chi connectivity index (χ2v) is 2.90. The molecule has 0 aliphatic rings. The molecule has 5 N–H and O–H groups in total. The minimum Gasteiger partial charge on any atom is -0.369 e. The van der Waals surface area contributed by atoms with Gasteiger partial charge in [0.1, 0.15) is 0 Å². The van der Waals surface area contributed by atoms with Gasteiger partial charge < -0.3 is 11.5 Å². The summed E-state index contributed by atoms with van der Waals surface area (Å²) in [4.78, 5) is 11.7. The summed E-state index contributed by atoms with van der Waals surface area (Å²) in [6.45, 7) is 0. The van der Waals surface area contributed by atoms with Gasteiger partial charge in [-0.1, -0.05) is 6.07 Å². The summed E-state index contributed by atoms with van der Waals surface area (Å²) in [5, 5.41) is 5.16. The van der Waals surface area contributed by atoms with Gasteiger partial charge in [-0.15, -0.1) is 16.4 Å². The molecular formula is C6H8N4OS. The molecule has 64 valence electrons. The van der Waals surface area contributed by atoms with E-state index in [9.17, 15) is 4.79 Å². The van der Waals surface area contributed by atoms with E-state index in [1.54, 1.807) is 17.5 Å². The van der Waals surface area contributed by atoms with Crippen molar-refractivity contribution in [3.63, 3.8) is 0 Å². The van der Waals surface area contributed by atoms with E-state index in [0.717, 1.165) is 0 Å². The fourth-order valence-electron chi connectivity index (χ4n) is 0.578. The van der Waals surface area contributed by atoms with Gasteiger partial charge in [0.05, 0.1) is 4.88 Å². The number of hydrogen-bond acceptors (Lipinski definition) is 3. The molecule has 0 atom stereocenters. The van der Waals surface area contributed by atoms with E-state index in [-0.39, 0.29) is 11.9 Å². The highest BCUT2D eigenvalue weighted by Crippen LogP contribution is 2.07. The normalized spacial score (nSPS) is 9.00. The Balaban J connectivity index is 2.57. The van der Waals surface area contributed by atoms with E-state index in [1.165, 1.54) is 11.3 Å². The van der Waals surface area contributed by atoms with Gasteiger partial charge in [-0.05, 0) is 11.4 Å². The summed E-state index contributed by atoms with van der Waals surface area (Å²) < 4.78 is 0. The summed E-state index contributed by atoms with van der Waals surface area (Å²) in [6.07, 6.45) is 0. The molecule has 0 bridgehead atoms. The topological polar surface area (TPSA) is 93.5 Å². The van der Waals surface area contributed by atoms with E-state index < -0.39 is 0 Å². The lowest BCUT2D eigenvalue weighted by molar-refractivity contribution is 0.0958. The SMILES string of the molecule is NC(N)=NNC(=O)c1cccs1. The predicted octanol–water partition coefficient (Wildman–Crippen LogP) is -0.334. The molecule has 0 fully saturated rings. The number of rotatable bonds is 2. The number of carbonyl (C=O) groups is 1. The van der Waals surface area contributed by atoms with Gasteiger partial charge in [-0.2, -0.15) is 0 Å². The van der Waals surface area contributed by atoms with Crippen molar-refractivity contribution in [2.24, 2.45) is 16.6 Å². The molecule has 0 unspecified atom stereocenters. The summed E-state index contributed by atoms with van der Waals surface area (Å²) in [5.74, 6) is -0.474. The maximum atomic E-state index is 11.1. The molecule has 0 saturated heterocycles. The molecular weight excluding hydrogens is 176 g/mol. The van der Waals surface area contributed by atoms with Crippen LogP contribution in [0.25, 0.3) is 0 Å². The molecule has 0 radical (unpaired) electrons. The van der Waals surface area contributed by atoms with Crippen molar-refractivity contribution in [3.8, 4) is 0 Å². The fourth-order valence-corrected chi connectivity index (χ4v) is 1.19. The summed E-state index contributed by atoms with van der Waals surface area (Å²) >= 11 is 1.32. The summed E-state index contributed by atoms with van der Waals surface area (Å²) in [5.41, 5.74) is 12.2. The number of amides is 1. The monoisotopic (exact) mass is 184 g/mol. The lowest BCUT2D eigenvalue weighted by Gasteiger charge is -1.95. The molecule has 1 amide bonds. The average Bonchev–Trinajstić information content (AvgIpc) is 2.51. The number of guanidine groups is 1. The quantitative estimate of drug-likeness (QED) is 0.333. The van der Waals surface area contributed by atoms with Crippen molar-refractivity contribution in [3.05, 3.63) is 22.4 Å². The highest BCUT2D eigenvalue weighted by Gasteiger charge is 2.03. The molecule has 1 rings (SSSR count). The Morgan fingerprint density at radius 3 is 2.83 bits per heavy atom. The van der Waals surface area contributed by atoms with E-state index in [4.69, 9.17) is 11.5 Å². The zero-order valence-electron chi connectivity index (χ0n) is 6.15. The van der Waals surface area contributed by atoms with Gasteiger partial charge in [0.15, 0.2) is 0 Å². The van der Waals surface area contributed by atoms with Crippen LogP contribution < -0.4 is 16.9 Å². The van der Waals surface area contributed by atoms with Gasteiger partial charge in [0.2, 0.25) is 5.96 Å². The Bertz CT molecular complexity index is 289. The maximum Gasteiger partial charge on any atom is 0.281 e. The van der Waals surface area contributed by atoms with Crippen LogP contribution in [-0.4, -0.2) is 11.9 Å². The molecule has 12 heavy (non-hydrogen) atoms. The smallest absolute Gasteiger partial charge is 0.281 e. The standard InChI is InChI=1S/C6H8N4OS/c7-6(8)10-9-5(11)4-2-1-3-12-4/h1-3H,(H,9,11)(H4,7,8,10). The Kier molecular flexibility index (Phi) is 2.65. The molecule has 0 aromatic carbocycles.